The Kier molecular flexibility index (Phi) is 4.84. The first-order valence-corrected chi connectivity index (χ1v) is 10.0. The quantitative estimate of drug-likeness (QED) is 0.631. The average Bonchev–Trinajstić information content (AvgIpc) is 3.37. The molecule has 3 aromatic rings. The summed E-state index contributed by atoms with van der Waals surface area (Å²) in [5.74, 6) is -0.894. The minimum absolute atomic E-state index is 0.0857. The molecule has 1 aliphatic heterocycles. The van der Waals surface area contributed by atoms with Crippen LogP contribution in [0.3, 0.4) is 0 Å². The summed E-state index contributed by atoms with van der Waals surface area (Å²) in [6, 6.07) is 10.3. The van der Waals surface area contributed by atoms with Gasteiger partial charge in [0.1, 0.15) is 5.76 Å². The Bertz CT molecular complexity index is 1130. The number of aliphatic hydroxyl groups is 1. The van der Waals surface area contributed by atoms with E-state index in [1.54, 1.807) is 19.1 Å². The highest BCUT2D eigenvalue weighted by molar-refractivity contribution is 7.14. The summed E-state index contributed by atoms with van der Waals surface area (Å²) in [6.07, 6.45) is 1.53. The number of rotatable bonds is 5. The topological polar surface area (TPSA) is 83.6 Å². The van der Waals surface area contributed by atoms with Crippen LogP contribution in [0.4, 0.5) is 0 Å². The van der Waals surface area contributed by atoms with Crippen LogP contribution in [0.2, 0.25) is 0 Å². The first-order chi connectivity index (χ1) is 13.9. The molecule has 0 bridgehead atoms. The second kappa shape index (κ2) is 7.33. The number of hydrogen-bond donors (Lipinski definition) is 1. The molecule has 0 radical (unpaired) electrons. The molecule has 6 nitrogen and oxygen atoms in total. The van der Waals surface area contributed by atoms with Crippen LogP contribution in [-0.4, -0.2) is 26.7 Å². The van der Waals surface area contributed by atoms with Crippen LogP contribution in [-0.2, 0) is 11.3 Å². The zero-order valence-corrected chi connectivity index (χ0v) is 17.1. The van der Waals surface area contributed by atoms with Crippen LogP contribution in [0, 0.1) is 20.8 Å². The fourth-order valence-corrected chi connectivity index (χ4v) is 4.57. The van der Waals surface area contributed by atoms with Gasteiger partial charge in [0.2, 0.25) is 5.78 Å². The van der Waals surface area contributed by atoms with Crippen molar-refractivity contribution < 1.29 is 19.1 Å². The van der Waals surface area contributed by atoms with Crippen molar-refractivity contribution in [3.05, 3.63) is 86.5 Å². The number of thiazole rings is 1. The van der Waals surface area contributed by atoms with E-state index in [1.807, 2.05) is 38.1 Å². The fourth-order valence-electron chi connectivity index (χ4n) is 3.70. The number of aromatic nitrogens is 1. The molecule has 1 N–H and O–H groups in total. The lowest BCUT2D eigenvalue weighted by Crippen LogP contribution is -2.31. The molecule has 1 atom stereocenters. The van der Waals surface area contributed by atoms with Crippen LogP contribution in [0.25, 0.3) is 0 Å². The molecule has 0 saturated carbocycles. The standard InChI is InChI=1S/C22H20N2O4S/c1-12-7-4-5-9-16(12)18-17(19(25)21-13(2)23-14(3)29-21)20(26)22(27)24(18)11-15-8-6-10-28-15/h4-10,18,26H,11H2,1-3H3. The Labute approximate surface area is 172 Å². The maximum Gasteiger partial charge on any atom is 0.290 e. The van der Waals surface area contributed by atoms with Crippen molar-refractivity contribution in [2.24, 2.45) is 0 Å². The summed E-state index contributed by atoms with van der Waals surface area (Å²) in [5, 5.41) is 11.5. The van der Waals surface area contributed by atoms with Gasteiger partial charge in [0.05, 0.1) is 40.0 Å². The Morgan fingerprint density at radius 3 is 2.59 bits per heavy atom. The second-order valence-corrected chi connectivity index (χ2v) is 8.21. The molecule has 1 aliphatic rings. The number of Topliss-reactive ketones (excluding diaryl/α,β-unsaturated/α-hetero) is 1. The number of benzene rings is 1. The Morgan fingerprint density at radius 1 is 1.21 bits per heavy atom. The summed E-state index contributed by atoms with van der Waals surface area (Å²) >= 11 is 1.27. The van der Waals surface area contributed by atoms with E-state index in [0.29, 0.717) is 16.3 Å². The summed E-state index contributed by atoms with van der Waals surface area (Å²) in [7, 11) is 0. The largest absolute Gasteiger partial charge is 0.503 e. The number of carbonyl (C=O) groups excluding carboxylic acids is 2. The molecule has 2 aromatic heterocycles. The summed E-state index contributed by atoms with van der Waals surface area (Å²) < 4.78 is 5.41. The van der Waals surface area contributed by atoms with E-state index in [1.165, 1.54) is 22.5 Å². The number of furan rings is 1. The third kappa shape index (κ3) is 3.27. The molecule has 0 saturated heterocycles. The van der Waals surface area contributed by atoms with Crippen molar-refractivity contribution in [1.82, 2.24) is 9.88 Å². The Hall–Kier alpha value is -3.19. The van der Waals surface area contributed by atoms with Crippen LogP contribution >= 0.6 is 11.3 Å². The second-order valence-electron chi connectivity index (χ2n) is 7.01. The molecule has 1 unspecified atom stereocenters. The van der Waals surface area contributed by atoms with Crippen LogP contribution in [0.15, 0.2) is 58.4 Å². The van der Waals surface area contributed by atoms with Crippen LogP contribution < -0.4 is 0 Å². The fraction of sp³-hybridized carbons (Fsp3) is 0.227. The molecule has 3 heterocycles. The van der Waals surface area contributed by atoms with Crippen molar-refractivity contribution in [3.63, 3.8) is 0 Å². The monoisotopic (exact) mass is 408 g/mol. The smallest absolute Gasteiger partial charge is 0.290 e. The van der Waals surface area contributed by atoms with Gasteiger partial charge in [-0.25, -0.2) is 4.98 Å². The van der Waals surface area contributed by atoms with E-state index in [4.69, 9.17) is 4.42 Å². The van der Waals surface area contributed by atoms with Crippen LogP contribution in [0.1, 0.15) is 43.3 Å². The van der Waals surface area contributed by atoms with Gasteiger partial charge >= 0.3 is 0 Å². The van der Waals surface area contributed by atoms with Gasteiger partial charge in [0, 0.05) is 0 Å². The molecule has 1 amide bonds. The van der Waals surface area contributed by atoms with Gasteiger partial charge < -0.3 is 14.4 Å². The maximum atomic E-state index is 13.4. The lowest BCUT2D eigenvalue weighted by molar-refractivity contribution is -0.130. The molecule has 0 spiro atoms. The maximum absolute atomic E-state index is 13.4. The first kappa shape index (κ1) is 19.1. The summed E-state index contributed by atoms with van der Waals surface area (Å²) in [4.78, 5) is 32.6. The van der Waals surface area contributed by atoms with E-state index >= 15 is 0 Å². The van der Waals surface area contributed by atoms with Gasteiger partial charge in [-0.1, -0.05) is 24.3 Å². The molecule has 7 heteroatoms. The van der Waals surface area contributed by atoms with Gasteiger partial charge in [0.15, 0.2) is 5.76 Å². The van der Waals surface area contributed by atoms with Crippen molar-refractivity contribution in [3.8, 4) is 0 Å². The lowest BCUT2D eigenvalue weighted by atomic mass is 9.92. The average molecular weight is 408 g/mol. The molecular formula is C22H20N2O4S. The zero-order chi connectivity index (χ0) is 20.7. The number of amides is 1. The van der Waals surface area contributed by atoms with Crippen molar-refractivity contribution in [2.45, 2.75) is 33.4 Å². The highest BCUT2D eigenvalue weighted by atomic mass is 32.1. The van der Waals surface area contributed by atoms with Gasteiger partial charge in [0.25, 0.3) is 5.91 Å². The number of hydrogen-bond acceptors (Lipinski definition) is 6. The highest BCUT2D eigenvalue weighted by Gasteiger charge is 2.45. The van der Waals surface area contributed by atoms with Crippen molar-refractivity contribution in [2.75, 3.05) is 0 Å². The lowest BCUT2D eigenvalue weighted by Gasteiger charge is -2.27. The van der Waals surface area contributed by atoms with E-state index < -0.39 is 17.7 Å². The molecule has 0 aliphatic carbocycles. The van der Waals surface area contributed by atoms with E-state index in [0.717, 1.165) is 16.1 Å². The Balaban J connectivity index is 1.85. The molecule has 148 valence electrons. The predicted molar refractivity (Wildman–Crippen MR) is 109 cm³/mol. The molecule has 1 aromatic carbocycles. The third-order valence-corrected chi connectivity index (χ3v) is 6.12. The third-order valence-electron chi connectivity index (χ3n) is 5.05. The van der Waals surface area contributed by atoms with E-state index in [2.05, 4.69) is 4.98 Å². The van der Waals surface area contributed by atoms with Gasteiger partial charge in [-0.3, -0.25) is 9.59 Å². The minimum atomic E-state index is -0.705. The van der Waals surface area contributed by atoms with Crippen LogP contribution in [0.5, 0.6) is 0 Å². The van der Waals surface area contributed by atoms with Crippen molar-refractivity contribution in [1.29, 1.82) is 0 Å². The van der Waals surface area contributed by atoms with E-state index in [-0.39, 0.29) is 17.9 Å². The predicted octanol–water partition coefficient (Wildman–Crippen LogP) is 4.44. The van der Waals surface area contributed by atoms with Crippen molar-refractivity contribution >= 4 is 23.0 Å². The van der Waals surface area contributed by atoms with Gasteiger partial charge in [-0.2, -0.15) is 0 Å². The minimum Gasteiger partial charge on any atom is -0.503 e. The SMILES string of the molecule is Cc1nc(C)c(C(=O)C2=C(O)C(=O)N(Cc3ccco3)C2c2ccccc2C)s1. The summed E-state index contributed by atoms with van der Waals surface area (Å²) in [6.45, 7) is 5.65. The zero-order valence-electron chi connectivity index (χ0n) is 16.3. The van der Waals surface area contributed by atoms with Gasteiger partial charge in [-0.15, -0.1) is 11.3 Å². The molecule has 0 fully saturated rings. The number of nitrogens with zero attached hydrogens (tertiary/aromatic N) is 2. The molecule has 4 rings (SSSR count). The molecule has 29 heavy (non-hydrogen) atoms. The Morgan fingerprint density at radius 2 is 1.97 bits per heavy atom. The number of carbonyl (C=O) groups is 2. The highest BCUT2D eigenvalue weighted by Crippen LogP contribution is 2.41. The van der Waals surface area contributed by atoms with Gasteiger partial charge in [-0.05, 0) is 44.0 Å². The number of aryl methyl sites for hydroxylation is 3. The number of aliphatic hydroxyl groups excluding tert-OH is 1. The first-order valence-electron chi connectivity index (χ1n) is 9.19. The number of ketones is 1. The molecular weight excluding hydrogens is 388 g/mol. The van der Waals surface area contributed by atoms with E-state index in [9.17, 15) is 14.7 Å². The normalized spacial score (nSPS) is 16.7. The summed E-state index contributed by atoms with van der Waals surface area (Å²) in [5.41, 5.74) is 2.39.